The van der Waals surface area contributed by atoms with Crippen molar-refractivity contribution in [2.45, 2.75) is 13.3 Å². The first-order valence-electron chi connectivity index (χ1n) is 6.42. The summed E-state index contributed by atoms with van der Waals surface area (Å²) in [4.78, 5) is 2.14. The number of hydrogen-bond donors (Lipinski definition) is 2. The molecule has 0 amide bonds. The van der Waals surface area contributed by atoms with Gasteiger partial charge in [-0.25, -0.2) is 8.42 Å². The standard InChI is InChI=1S/C13H23N3O2S/c1-4-19(17,18)15-13-8-6-12(7-9-13)14-10-5-11-16(2)3/h6-9,14-15H,4-5,10-11H2,1-3H3. The first-order chi connectivity index (χ1) is 8.93. The van der Waals surface area contributed by atoms with Gasteiger partial charge in [-0.1, -0.05) is 0 Å². The van der Waals surface area contributed by atoms with E-state index in [1.54, 1.807) is 19.1 Å². The van der Waals surface area contributed by atoms with Gasteiger partial charge in [0.1, 0.15) is 0 Å². The highest BCUT2D eigenvalue weighted by atomic mass is 32.2. The van der Waals surface area contributed by atoms with Gasteiger partial charge >= 0.3 is 0 Å². The Hall–Kier alpha value is -1.27. The summed E-state index contributed by atoms with van der Waals surface area (Å²) in [6.45, 7) is 3.56. The van der Waals surface area contributed by atoms with Crippen LogP contribution in [0.3, 0.4) is 0 Å². The average Bonchev–Trinajstić information content (AvgIpc) is 2.36. The lowest BCUT2D eigenvalue weighted by molar-refractivity contribution is 0.405. The molecule has 6 heteroatoms. The molecule has 0 radical (unpaired) electrons. The summed E-state index contributed by atoms with van der Waals surface area (Å²) in [5.41, 5.74) is 1.60. The fourth-order valence-corrected chi connectivity index (χ4v) is 2.18. The normalized spacial score (nSPS) is 11.6. The first-order valence-corrected chi connectivity index (χ1v) is 8.07. The highest BCUT2D eigenvalue weighted by molar-refractivity contribution is 7.92. The summed E-state index contributed by atoms with van der Waals surface area (Å²) >= 11 is 0. The molecule has 19 heavy (non-hydrogen) atoms. The van der Waals surface area contributed by atoms with E-state index in [1.807, 2.05) is 12.1 Å². The van der Waals surface area contributed by atoms with Crippen molar-refractivity contribution >= 4 is 21.4 Å². The van der Waals surface area contributed by atoms with Gasteiger partial charge < -0.3 is 10.2 Å². The Morgan fingerprint density at radius 1 is 1.11 bits per heavy atom. The molecule has 108 valence electrons. The molecular formula is C13H23N3O2S. The molecule has 0 bridgehead atoms. The molecule has 0 fully saturated rings. The van der Waals surface area contributed by atoms with Crippen molar-refractivity contribution in [2.24, 2.45) is 0 Å². The van der Waals surface area contributed by atoms with Crippen LogP contribution >= 0.6 is 0 Å². The van der Waals surface area contributed by atoms with Gasteiger partial charge in [0.05, 0.1) is 5.75 Å². The zero-order valence-electron chi connectivity index (χ0n) is 11.8. The maximum Gasteiger partial charge on any atom is 0.232 e. The van der Waals surface area contributed by atoms with Crippen molar-refractivity contribution in [1.82, 2.24) is 4.90 Å². The molecule has 5 nitrogen and oxygen atoms in total. The molecule has 0 aliphatic carbocycles. The van der Waals surface area contributed by atoms with Crippen molar-refractivity contribution < 1.29 is 8.42 Å². The number of nitrogens with one attached hydrogen (secondary N) is 2. The number of sulfonamides is 1. The van der Waals surface area contributed by atoms with Crippen molar-refractivity contribution in [2.75, 3.05) is 43.0 Å². The molecule has 1 rings (SSSR count). The lowest BCUT2D eigenvalue weighted by Crippen LogP contribution is -2.16. The zero-order valence-corrected chi connectivity index (χ0v) is 12.6. The molecule has 0 heterocycles. The van der Waals surface area contributed by atoms with Gasteiger partial charge in [0.15, 0.2) is 0 Å². The Morgan fingerprint density at radius 2 is 1.68 bits per heavy atom. The van der Waals surface area contributed by atoms with Gasteiger partial charge in [-0.15, -0.1) is 0 Å². The second kappa shape index (κ2) is 7.35. The molecule has 1 aromatic rings. The van der Waals surface area contributed by atoms with Crippen LogP contribution in [0.1, 0.15) is 13.3 Å². The number of anilines is 2. The fraction of sp³-hybridized carbons (Fsp3) is 0.538. The van der Waals surface area contributed by atoms with Gasteiger partial charge in [-0.05, 0) is 58.3 Å². The summed E-state index contributed by atoms with van der Waals surface area (Å²) in [7, 11) is 0.909. The largest absolute Gasteiger partial charge is 0.385 e. The van der Waals surface area contributed by atoms with Crippen molar-refractivity contribution in [3.63, 3.8) is 0 Å². The average molecular weight is 285 g/mol. The van der Waals surface area contributed by atoms with Crippen LogP contribution in [0.5, 0.6) is 0 Å². The van der Waals surface area contributed by atoms with Crippen LogP contribution in [0.15, 0.2) is 24.3 Å². The van der Waals surface area contributed by atoms with Crippen molar-refractivity contribution in [3.8, 4) is 0 Å². The topological polar surface area (TPSA) is 61.4 Å². The predicted molar refractivity (Wildman–Crippen MR) is 81.2 cm³/mol. The summed E-state index contributed by atoms with van der Waals surface area (Å²) in [5, 5.41) is 3.30. The molecule has 0 aliphatic heterocycles. The molecule has 0 spiro atoms. The molecule has 0 saturated carbocycles. The van der Waals surface area contributed by atoms with Crippen LogP contribution in [0.2, 0.25) is 0 Å². The smallest absolute Gasteiger partial charge is 0.232 e. The van der Waals surface area contributed by atoms with Crippen LogP contribution < -0.4 is 10.0 Å². The van der Waals surface area contributed by atoms with E-state index in [0.29, 0.717) is 5.69 Å². The lowest BCUT2D eigenvalue weighted by atomic mass is 10.3. The number of benzene rings is 1. The van der Waals surface area contributed by atoms with Gasteiger partial charge in [-0.3, -0.25) is 4.72 Å². The maximum atomic E-state index is 11.4. The number of nitrogens with zero attached hydrogens (tertiary/aromatic N) is 1. The predicted octanol–water partition coefficient (Wildman–Crippen LogP) is 1.81. The summed E-state index contributed by atoms with van der Waals surface area (Å²) < 4.78 is 25.3. The summed E-state index contributed by atoms with van der Waals surface area (Å²) in [6.07, 6.45) is 1.07. The molecule has 2 N–H and O–H groups in total. The van der Waals surface area contributed by atoms with Crippen LogP contribution in [-0.2, 0) is 10.0 Å². The number of hydrogen-bond acceptors (Lipinski definition) is 4. The van der Waals surface area contributed by atoms with E-state index in [9.17, 15) is 8.42 Å². The molecule has 0 atom stereocenters. The highest BCUT2D eigenvalue weighted by Crippen LogP contribution is 2.14. The minimum absolute atomic E-state index is 0.0809. The first kappa shape index (κ1) is 15.8. The van der Waals surface area contributed by atoms with Crippen LogP contribution in [0.25, 0.3) is 0 Å². The highest BCUT2D eigenvalue weighted by Gasteiger charge is 2.05. The maximum absolute atomic E-state index is 11.4. The Bertz CT molecular complexity index is 469. The third kappa shape index (κ3) is 6.45. The van der Waals surface area contributed by atoms with E-state index in [-0.39, 0.29) is 5.75 Å². The third-order valence-electron chi connectivity index (χ3n) is 2.65. The Labute approximate surface area is 116 Å². The summed E-state index contributed by atoms with van der Waals surface area (Å²) in [6, 6.07) is 7.29. The monoisotopic (exact) mass is 285 g/mol. The molecule has 0 aliphatic rings. The number of rotatable bonds is 8. The Balaban J connectivity index is 2.44. The van der Waals surface area contributed by atoms with Crippen LogP contribution in [0.4, 0.5) is 11.4 Å². The van der Waals surface area contributed by atoms with Gasteiger partial charge in [0, 0.05) is 17.9 Å². The van der Waals surface area contributed by atoms with Crippen LogP contribution in [0, 0.1) is 0 Å². The molecular weight excluding hydrogens is 262 g/mol. The van der Waals surface area contributed by atoms with Crippen LogP contribution in [-0.4, -0.2) is 46.3 Å². The molecule has 0 unspecified atom stereocenters. The minimum Gasteiger partial charge on any atom is -0.385 e. The summed E-state index contributed by atoms with van der Waals surface area (Å²) in [5.74, 6) is 0.0809. The molecule has 0 saturated heterocycles. The van der Waals surface area contributed by atoms with Gasteiger partial charge in [-0.2, -0.15) is 0 Å². The van der Waals surface area contributed by atoms with Gasteiger partial charge in [0.25, 0.3) is 0 Å². The zero-order chi connectivity index (χ0) is 14.3. The minimum atomic E-state index is -3.19. The van der Waals surface area contributed by atoms with E-state index in [4.69, 9.17) is 0 Å². The quantitative estimate of drug-likeness (QED) is 0.715. The SMILES string of the molecule is CCS(=O)(=O)Nc1ccc(NCCCN(C)C)cc1. The third-order valence-corrected chi connectivity index (χ3v) is 3.96. The Kier molecular flexibility index (Phi) is 6.11. The Morgan fingerprint density at radius 3 is 2.21 bits per heavy atom. The second-order valence-electron chi connectivity index (χ2n) is 4.67. The van der Waals surface area contributed by atoms with E-state index < -0.39 is 10.0 Å². The van der Waals surface area contributed by atoms with E-state index >= 15 is 0 Å². The van der Waals surface area contributed by atoms with Gasteiger partial charge in [0.2, 0.25) is 10.0 Å². The van der Waals surface area contributed by atoms with E-state index in [0.717, 1.165) is 25.2 Å². The molecule has 1 aromatic carbocycles. The van der Waals surface area contributed by atoms with E-state index in [2.05, 4.69) is 29.0 Å². The van der Waals surface area contributed by atoms with Crippen molar-refractivity contribution in [1.29, 1.82) is 0 Å². The lowest BCUT2D eigenvalue weighted by Gasteiger charge is -2.11. The van der Waals surface area contributed by atoms with E-state index in [1.165, 1.54) is 0 Å². The fourth-order valence-electron chi connectivity index (χ4n) is 1.54. The van der Waals surface area contributed by atoms with Crippen molar-refractivity contribution in [3.05, 3.63) is 24.3 Å². The molecule has 0 aromatic heterocycles. The second-order valence-corrected chi connectivity index (χ2v) is 6.68.